The van der Waals surface area contributed by atoms with Gasteiger partial charge in [-0.25, -0.2) is 4.39 Å². The summed E-state index contributed by atoms with van der Waals surface area (Å²) in [4.78, 5) is 0. The number of halogens is 1. The van der Waals surface area contributed by atoms with E-state index in [0.29, 0.717) is 0 Å². The van der Waals surface area contributed by atoms with Gasteiger partial charge in [-0.2, -0.15) is 0 Å². The maximum absolute atomic E-state index is 12.9. The fraction of sp³-hybridized carbons (Fsp3) is 0.308. The van der Waals surface area contributed by atoms with Gasteiger partial charge in [0.15, 0.2) is 0 Å². The van der Waals surface area contributed by atoms with Crippen LogP contribution in [0.3, 0.4) is 0 Å². The molecule has 0 bridgehead atoms. The van der Waals surface area contributed by atoms with Gasteiger partial charge in [0.1, 0.15) is 5.82 Å². The van der Waals surface area contributed by atoms with Crippen LogP contribution in [0, 0.1) is 5.82 Å². The molecule has 1 heteroatoms. The summed E-state index contributed by atoms with van der Waals surface area (Å²) in [5, 5.41) is 0. The lowest BCUT2D eigenvalue weighted by molar-refractivity contribution is 0.627. The first-order valence-corrected chi connectivity index (χ1v) is 4.82. The van der Waals surface area contributed by atoms with Crippen molar-refractivity contribution in [3.63, 3.8) is 0 Å². The maximum atomic E-state index is 12.9. The predicted molar refractivity (Wildman–Crippen MR) is 58.5 cm³/mol. The van der Waals surface area contributed by atoms with Crippen molar-refractivity contribution in [2.75, 3.05) is 0 Å². The molecule has 0 atom stereocenters. The van der Waals surface area contributed by atoms with Crippen molar-refractivity contribution in [2.45, 2.75) is 27.2 Å². The summed E-state index contributed by atoms with van der Waals surface area (Å²) in [7, 11) is 0. The number of allylic oxidation sites excluding steroid dienone is 1. The van der Waals surface area contributed by atoms with E-state index in [4.69, 9.17) is 0 Å². The normalized spacial score (nSPS) is 9.43. The molecule has 1 aromatic rings. The Bertz CT molecular complexity index is 382. The van der Waals surface area contributed by atoms with Crippen molar-refractivity contribution in [1.82, 2.24) is 0 Å². The van der Waals surface area contributed by atoms with E-state index in [0.717, 1.165) is 17.6 Å². The molecule has 0 aliphatic carbocycles. The average molecular weight is 190 g/mol. The Labute approximate surface area is 84.8 Å². The largest absolute Gasteiger partial charge is 0.207 e. The van der Waals surface area contributed by atoms with Gasteiger partial charge in [0, 0.05) is 0 Å². The minimum absolute atomic E-state index is 0.196. The Morgan fingerprint density at radius 3 is 2.64 bits per heavy atom. The number of hydrogen-bond donors (Lipinski definition) is 0. The molecule has 0 unspecified atom stereocenters. The monoisotopic (exact) mass is 190 g/mol. The van der Waals surface area contributed by atoms with E-state index in [9.17, 15) is 4.39 Å². The van der Waals surface area contributed by atoms with Crippen LogP contribution in [-0.2, 0) is 0 Å². The molecule has 0 N–H and O–H groups in total. The van der Waals surface area contributed by atoms with Crippen LogP contribution < -0.4 is 0 Å². The summed E-state index contributed by atoms with van der Waals surface area (Å²) in [6.07, 6.45) is 0.979. The van der Waals surface area contributed by atoms with Crippen molar-refractivity contribution in [3.05, 3.63) is 47.0 Å². The lowest BCUT2D eigenvalue weighted by Gasteiger charge is -1.98. The highest BCUT2D eigenvalue weighted by Crippen LogP contribution is 2.14. The zero-order chi connectivity index (χ0) is 10.6. The second kappa shape index (κ2) is 4.78. The summed E-state index contributed by atoms with van der Waals surface area (Å²) in [5.74, 6) is -0.196. The van der Waals surface area contributed by atoms with Crippen LogP contribution >= 0.6 is 0 Å². The van der Waals surface area contributed by atoms with Crippen LogP contribution in [0.2, 0.25) is 0 Å². The lowest BCUT2D eigenvalue weighted by Crippen LogP contribution is -1.80. The van der Waals surface area contributed by atoms with Gasteiger partial charge in [-0.15, -0.1) is 5.73 Å². The van der Waals surface area contributed by atoms with Crippen LogP contribution in [0.4, 0.5) is 4.39 Å². The molecule has 0 aliphatic rings. The first-order valence-electron chi connectivity index (χ1n) is 4.82. The highest BCUT2D eigenvalue weighted by molar-refractivity contribution is 5.63. The minimum Gasteiger partial charge on any atom is -0.207 e. The topological polar surface area (TPSA) is 0 Å². The molecule has 0 aliphatic heterocycles. The smallest absolute Gasteiger partial charge is 0.123 e. The van der Waals surface area contributed by atoms with Crippen LogP contribution in [-0.4, -0.2) is 0 Å². The second-order valence-corrected chi connectivity index (χ2v) is 3.39. The third-order valence-corrected chi connectivity index (χ3v) is 2.19. The molecular weight excluding hydrogens is 175 g/mol. The minimum atomic E-state index is -0.196. The summed E-state index contributed by atoms with van der Waals surface area (Å²) in [6.45, 7) is 6.07. The predicted octanol–water partition coefficient (Wildman–Crippen LogP) is 4.18. The zero-order valence-corrected chi connectivity index (χ0v) is 8.89. The molecule has 0 radical (unpaired) electrons. The summed E-state index contributed by atoms with van der Waals surface area (Å²) < 4.78 is 12.9. The summed E-state index contributed by atoms with van der Waals surface area (Å²) in [5.41, 5.74) is 6.32. The van der Waals surface area contributed by atoms with Crippen molar-refractivity contribution in [3.8, 4) is 0 Å². The zero-order valence-electron chi connectivity index (χ0n) is 8.89. The first kappa shape index (κ1) is 10.7. The summed E-state index contributed by atoms with van der Waals surface area (Å²) in [6, 6.07) is 6.60. The lowest BCUT2D eigenvalue weighted by atomic mass is 10.1. The van der Waals surface area contributed by atoms with Gasteiger partial charge in [-0.3, -0.25) is 0 Å². The second-order valence-electron chi connectivity index (χ2n) is 3.39. The van der Waals surface area contributed by atoms with E-state index in [2.05, 4.69) is 12.7 Å². The third-order valence-electron chi connectivity index (χ3n) is 2.19. The first-order chi connectivity index (χ1) is 6.63. The molecule has 14 heavy (non-hydrogen) atoms. The number of rotatable bonds is 2. The maximum Gasteiger partial charge on any atom is 0.123 e. The van der Waals surface area contributed by atoms with Gasteiger partial charge in [0.25, 0.3) is 0 Å². The van der Waals surface area contributed by atoms with Crippen LogP contribution in [0.15, 0.2) is 35.6 Å². The van der Waals surface area contributed by atoms with Gasteiger partial charge in [0.2, 0.25) is 0 Å². The molecule has 0 fully saturated rings. The third kappa shape index (κ3) is 2.86. The van der Waals surface area contributed by atoms with Crippen molar-refractivity contribution in [1.29, 1.82) is 0 Å². The van der Waals surface area contributed by atoms with E-state index in [1.165, 1.54) is 17.7 Å². The molecule has 1 rings (SSSR count). The van der Waals surface area contributed by atoms with Gasteiger partial charge >= 0.3 is 0 Å². The fourth-order valence-electron chi connectivity index (χ4n) is 1.20. The van der Waals surface area contributed by atoms with Crippen molar-refractivity contribution < 1.29 is 4.39 Å². The Morgan fingerprint density at radius 1 is 1.36 bits per heavy atom. The van der Waals surface area contributed by atoms with Gasteiger partial charge in [-0.05, 0) is 49.1 Å². The number of hydrogen-bond acceptors (Lipinski definition) is 0. The van der Waals surface area contributed by atoms with E-state index < -0.39 is 0 Å². The van der Waals surface area contributed by atoms with E-state index in [1.807, 2.05) is 19.9 Å². The van der Waals surface area contributed by atoms with E-state index in [1.54, 1.807) is 6.07 Å². The summed E-state index contributed by atoms with van der Waals surface area (Å²) >= 11 is 0. The Morgan fingerprint density at radius 2 is 2.07 bits per heavy atom. The van der Waals surface area contributed by atoms with Crippen LogP contribution in [0.5, 0.6) is 0 Å². The molecule has 0 heterocycles. The van der Waals surface area contributed by atoms with Crippen molar-refractivity contribution >= 4 is 5.57 Å². The van der Waals surface area contributed by atoms with Crippen LogP contribution in [0.1, 0.15) is 32.8 Å². The molecular formula is C13H15F. The SMILES string of the molecule is CCC(C)=C=C(C)c1cccc(F)c1. The molecule has 1 aromatic carbocycles. The van der Waals surface area contributed by atoms with Gasteiger partial charge in [0.05, 0.1) is 0 Å². The molecule has 0 spiro atoms. The average Bonchev–Trinajstić information content (AvgIpc) is 2.17. The highest BCUT2D eigenvalue weighted by atomic mass is 19.1. The number of benzene rings is 1. The van der Waals surface area contributed by atoms with Crippen LogP contribution in [0.25, 0.3) is 5.57 Å². The standard InChI is InChI=1S/C13H15F/c1-4-10(2)8-11(3)12-6-5-7-13(14)9-12/h5-7,9H,4H2,1-3H3. The Hall–Kier alpha value is -1.33. The van der Waals surface area contributed by atoms with Gasteiger partial charge in [-0.1, -0.05) is 19.1 Å². The molecule has 74 valence electrons. The van der Waals surface area contributed by atoms with E-state index >= 15 is 0 Å². The molecule has 0 saturated heterocycles. The van der Waals surface area contributed by atoms with Gasteiger partial charge < -0.3 is 0 Å². The highest BCUT2D eigenvalue weighted by Gasteiger charge is 1.96. The fourth-order valence-corrected chi connectivity index (χ4v) is 1.20. The molecule has 0 nitrogen and oxygen atoms in total. The van der Waals surface area contributed by atoms with E-state index in [-0.39, 0.29) is 5.82 Å². The van der Waals surface area contributed by atoms with Crippen molar-refractivity contribution in [2.24, 2.45) is 0 Å². The molecule has 0 saturated carbocycles. The quantitative estimate of drug-likeness (QED) is 0.613. The Kier molecular flexibility index (Phi) is 3.67. The Balaban J connectivity index is 3.12. The molecule has 0 aromatic heterocycles. The molecule has 0 amide bonds.